The average Bonchev–Trinajstić information content (AvgIpc) is 2.45. The molecule has 1 aromatic carbocycles. The predicted molar refractivity (Wildman–Crippen MR) is 94.0 cm³/mol. The Morgan fingerprint density at radius 2 is 1.71 bits per heavy atom. The van der Waals surface area contributed by atoms with E-state index in [0.29, 0.717) is 18.0 Å². The minimum absolute atomic E-state index is 0.402. The van der Waals surface area contributed by atoms with E-state index in [1.165, 1.54) is 18.4 Å². The van der Waals surface area contributed by atoms with Gasteiger partial charge < -0.3 is 5.32 Å². The highest BCUT2D eigenvalue weighted by Gasteiger charge is 2.20. The Morgan fingerprint density at radius 1 is 1.10 bits per heavy atom. The monoisotopic (exact) mass is 310 g/mol. The van der Waals surface area contributed by atoms with Crippen molar-refractivity contribution in [2.75, 3.05) is 20.1 Å². The molecule has 1 rings (SSSR count). The summed E-state index contributed by atoms with van der Waals surface area (Å²) in [6, 6.07) is 9.20. The van der Waals surface area contributed by atoms with Crippen molar-refractivity contribution in [1.29, 1.82) is 0 Å². The zero-order chi connectivity index (χ0) is 15.8. The first-order chi connectivity index (χ1) is 9.95. The van der Waals surface area contributed by atoms with Gasteiger partial charge in [0.15, 0.2) is 0 Å². The fraction of sp³-hybridized carbons (Fsp3) is 0.667. The summed E-state index contributed by atoms with van der Waals surface area (Å²) in [6.45, 7) is 11.2. The fourth-order valence-corrected chi connectivity index (χ4v) is 2.74. The molecule has 0 radical (unpaired) electrons. The van der Waals surface area contributed by atoms with E-state index in [0.717, 1.165) is 18.1 Å². The van der Waals surface area contributed by atoms with E-state index >= 15 is 0 Å². The molecule has 0 saturated carbocycles. The summed E-state index contributed by atoms with van der Waals surface area (Å²) >= 11 is 5.98. The molecule has 0 bridgehead atoms. The molecule has 0 heterocycles. The summed E-state index contributed by atoms with van der Waals surface area (Å²) in [5.41, 5.74) is 1.33. The van der Waals surface area contributed by atoms with Crippen LogP contribution in [0.2, 0.25) is 5.02 Å². The molecule has 0 aromatic heterocycles. The molecule has 0 amide bonds. The van der Waals surface area contributed by atoms with Crippen LogP contribution < -0.4 is 5.32 Å². The van der Waals surface area contributed by atoms with E-state index in [9.17, 15) is 0 Å². The van der Waals surface area contributed by atoms with Gasteiger partial charge in [0.25, 0.3) is 0 Å². The summed E-state index contributed by atoms with van der Waals surface area (Å²) in [6.07, 6.45) is 2.44. The minimum Gasteiger partial charge on any atom is -0.315 e. The number of nitrogens with one attached hydrogen (secondary N) is 1. The molecule has 21 heavy (non-hydrogen) atoms. The zero-order valence-corrected chi connectivity index (χ0v) is 15.0. The Morgan fingerprint density at radius 3 is 2.24 bits per heavy atom. The van der Waals surface area contributed by atoms with Crippen molar-refractivity contribution in [2.24, 2.45) is 5.92 Å². The van der Waals surface area contributed by atoms with Gasteiger partial charge in [-0.05, 0) is 50.6 Å². The topological polar surface area (TPSA) is 15.3 Å². The fourth-order valence-electron chi connectivity index (χ4n) is 2.61. The number of likely N-dealkylation sites (N-methyl/N-ethyl adjacent to an activating group) is 1. The number of rotatable bonds is 9. The van der Waals surface area contributed by atoms with Crippen molar-refractivity contribution < 1.29 is 0 Å². The molecule has 3 heteroatoms. The lowest BCUT2D eigenvalue weighted by Gasteiger charge is -2.34. The third-order valence-corrected chi connectivity index (χ3v) is 4.35. The molecule has 1 aromatic rings. The summed E-state index contributed by atoms with van der Waals surface area (Å²) in [5.74, 6) is 0.700. The smallest absolute Gasteiger partial charge is 0.0406 e. The third-order valence-electron chi connectivity index (χ3n) is 4.09. The Hall–Kier alpha value is -0.570. The van der Waals surface area contributed by atoms with E-state index in [1.807, 2.05) is 12.1 Å². The first-order valence-corrected chi connectivity index (χ1v) is 8.51. The predicted octanol–water partition coefficient (Wildman–Crippen LogP) is 4.75. The van der Waals surface area contributed by atoms with Crippen LogP contribution in [0.25, 0.3) is 0 Å². The van der Waals surface area contributed by atoms with Gasteiger partial charge in [0.05, 0.1) is 0 Å². The van der Waals surface area contributed by atoms with Gasteiger partial charge in [-0.1, -0.05) is 50.9 Å². The number of nitrogens with zero attached hydrogens (tertiary/aromatic N) is 1. The third kappa shape index (κ3) is 6.37. The molecule has 2 nitrogen and oxygen atoms in total. The van der Waals surface area contributed by atoms with Crippen LogP contribution in [-0.4, -0.2) is 31.1 Å². The Kier molecular flexibility index (Phi) is 8.31. The lowest BCUT2D eigenvalue weighted by Crippen LogP contribution is -2.42. The maximum absolute atomic E-state index is 5.98. The van der Waals surface area contributed by atoms with E-state index < -0.39 is 0 Å². The van der Waals surface area contributed by atoms with Crippen molar-refractivity contribution in [3.05, 3.63) is 34.9 Å². The largest absolute Gasteiger partial charge is 0.315 e. The van der Waals surface area contributed by atoms with Gasteiger partial charge in [0, 0.05) is 23.7 Å². The second kappa shape index (κ2) is 9.45. The minimum atomic E-state index is 0.402. The van der Waals surface area contributed by atoms with Gasteiger partial charge in [0.1, 0.15) is 0 Å². The van der Waals surface area contributed by atoms with Crippen molar-refractivity contribution in [1.82, 2.24) is 10.2 Å². The van der Waals surface area contributed by atoms with Crippen molar-refractivity contribution >= 4 is 11.6 Å². The quantitative estimate of drug-likeness (QED) is 0.708. The second-order valence-corrected chi connectivity index (χ2v) is 6.82. The van der Waals surface area contributed by atoms with Crippen molar-refractivity contribution in [3.63, 3.8) is 0 Å². The summed E-state index contributed by atoms with van der Waals surface area (Å²) in [5, 5.41) is 4.41. The number of hydrogen-bond acceptors (Lipinski definition) is 2. The molecular weight excluding hydrogens is 280 g/mol. The molecule has 0 fully saturated rings. The van der Waals surface area contributed by atoms with Crippen LogP contribution in [0, 0.1) is 5.92 Å². The standard InChI is InChI=1S/C18H31ClN2/c1-6-7-18(13-20-12-14(2)3)21(5)15(4)16-8-10-17(19)11-9-16/h8-11,14-15,18,20H,6-7,12-13H2,1-5H3. The summed E-state index contributed by atoms with van der Waals surface area (Å²) < 4.78 is 0. The number of halogens is 1. The summed E-state index contributed by atoms with van der Waals surface area (Å²) in [7, 11) is 2.23. The highest BCUT2D eigenvalue weighted by Crippen LogP contribution is 2.23. The molecule has 1 N–H and O–H groups in total. The van der Waals surface area contributed by atoms with Crippen LogP contribution in [0.5, 0.6) is 0 Å². The van der Waals surface area contributed by atoms with E-state index in [2.05, 4.69) is 57.1 Å². The maximum atomic E-state index is 5.98. The van der Waals surface area contributed by atoms with Crippen LogP contribution in [0.3, 0.4) is 0 Å². The Balaban J connectivity index is 2.65. The lowest BCUT2D eigenvalue weighted by atomic mass is 10.0. The zero-order valence-electron chi connectivity index (χ0n) is 14.2. The van der Waals surface area contributed by atoms with Crippen molar-refractivity contribution in [3.8, 4) is 0 Å². The van der Waals surface area contributed by atoms with Crippen LogP contribution >= 0.6 is 11.6 Å². The maximum Gasteiger partial charge on any atom is 0.0406 e. The molecule has 0 spiro atoms. The van der Waals surface area contributed by atoms with Crippen LogP contribution in [0.15, 0.2) is 24.3 Å². The van der Waals surface area contributed by atoms with Crippen molar-refractivity contribution in [2.45, 2.75) is 52.6 Å². The van der Waals surface area contributed by atoms with Crippen LogP contribution in [0.4, 0.5) is 0 Å². The van der Waals surface area contributed by atoms with E-state index in [1.54, 1.807) is 0 Å². The molecule has 2 atom stereocenters. The molecular formula is C18H31ClN2. The first kappa shape index (κ1) is 18.5. The first-order valence-electron chi connectivity index (χ1n) is 8.13. The van der Waals surface area contributed by atoms with E-state index in [-0.39, 0.29) is 0 Å². The van der Waals surface area contributed by atoms with Gasteiger partial charge in [-0.3, -0.25) is 4.90 Å². The number of benzene rings is 1. The van der Waals surface area contributed by atoms with Gasteiger partial charge in [-0.2, -0.15) is 0 Å². The second-order valence-electron chi connectivity index (χ2n) is 6.39. The van der Waals surface area contributed by atoms with E-state index in [4.69, 9.17) is 11.6 Å². The molecule has 0 saturated heterocycles. The molecule has 2 unspecified atom stereocenters. The lowest BCUT2D eigenvalue weighted by molar-refractivity contribution is 0.170. The van der Waals surface area contributed by atoms with Gasteiger partial charge in [-0.15, -0.1) is 0 Å². The molecule has 0 aliphatic rings. The molecule has 0 aliphatic carbocycles. The highest BCUT2D eigenvalue weighted by molar-refractivity contribution is 6.30. The SMILES string of the molecule is CCCC(CNCC(C)C)N(C)C(C)c1ccc(Cl)cc1. The normalized spacial score (nSPS) is 14.7. The van der Waals surface area contributed by atoms with Crippen LogP contribution in [0.1, 0.15) is 52.1 Å². The Labute approximate surface area is 135 Å². The highest BCUT2D eigenvalue weighted by atomic mass is 35.5. The summed E-state index contributed by atoms with van der Waals surface area (Å²) in [4.78, 5) is 2.49. The number of hydrogen-bond donors (Lipinski definition) is 1. The van der Waals surface area contributed by atoms with Gasteiger partial charge in [-0.25, -0.2) is 0 Å². The Bertz CT molecular complexity index is 389. The van der Waals surface area contributed by atoms with Crippen LogP contribution in [-0.2, 0) is 0 Å². The van der Waals surface area contributed by atoms with Gasteiger partial charge in [0.2, 0.25) is 0 Å². The average molecular weight is 311 g/mol. The molecule has 0 aliphatic heterocycles. The molecule has 120 valence electrons. The van der Waals surface area contributed by atoms with Gasteiger partial charge >= 0.3 is 0 Å².